The van der Waals surface area contributed by atoms with Gasteiger partial charge >= 0.3 is 0 Å². The fraction of sp³-hybridized carbons (Fsp3) is 0.778. The number of ether oxygens (including phenoxy) is 1. The Balaban J connectivity index is 3.56. The number of nitrogens with two attached hydrogens (primary N) is 1. The molecule has 0 amide bonds. The van der Waals surface area contributed by atoms with Crippen LogP contribution in [0.4, 0.5) is 0 Å². The molecule has 0 saturated heterocycles. The molecule has 0 aromatic rings. The van der Waals surface area contributed by atoms with Gasteiger partial charge in [0.15, 0.2) is 0 Å². The summed E-state index contributed by atoms with van der Waals surface area (Å²) < 4.78 is 4.87. The van der Waals surface area contributed by atoms with E-state index in [1.807, 2.05) is 0 Å². The van der Waals surface area contributed by atoms with Crippen LogP contribution in [0.1, 0.15) is 26.2 Å². The number of methoxy groups -OCH3 is 1. The van der Waals surface area contributed by atoms with E-state index in [9.17, 15) is 0 Å². The molecule has 0 spiro atoms. The highest BCUT2D eigenvalue weighted by Gasteiger charge is 1.91. The summed E-state index contributed by atoms with van der Waals surface area (Å²) in [6.07, 6.45) is 5.24. The summed E-state index contributed by atoms with van der Waals surface area (Å²) in [5.41, 5.74) is 0.680. The van der Waals surface area contributed by atoms with E-state index in [2.05, 4.69) is 17.0 Å². The summed E-state index contributed by atoms with van der Waals surface area (Å²) in [5.74, 6) is 5.12. The van der Waals surface area contributed by atoms with Crippen molar-refractivity contribution in [2.75, 3.05) is 20.3 Å². The van der Waals surface area contributed by atoms with Crippen LogP contribution in [0.3, 0.4) is 0 Å². The molecule has 0 aromatic carbocycles. The van der Waals surface area contributed by atoms with E-state index in [4.69, 9.17) is 10.6 Å². The van der Waals surface area contributed by atoms with Gasteiger partial charge in [0.2, 0.25) is 0 Å². The van der Waals surface area contributed by atoms with Crippen LogP contribution in [0.5, 0.6) is 0 Å². The van der Waals surface area contributed by atoms with Gasteiger partial charge in [-0.1, -0.05) is 19.8 Å². The minimum atomic E-state index is 0.424. The quantitative estimate of drug-likeness (QED) is 0.280. The zero-order chi connectivity index (χ0) is 9.94. The number of hydrogen-bond donors (Lipinski definition) is 1. The predicted molar refractivity (Wildman–Crippen MR) is 56.4 cm³/mol. The maximum atomic E-state index is 5.12. The largest absolute Gasteiger partial charge is 0.378 e. The van der Waals surface area contributed by atoms with Gasteiger partial charge in [-0.2, -0.15) is 5.10 Å². The molecule has 0 unspecified atom stereocenters. The van der Waals surface area contributed by atoms with Crippen LogP contribution in [-0.4, -0.2) is 32.2 Å². The van der Waals surface area contributed by atoms with E-state index >= 15 is 0 Å². The van der Waals surface area contributed by atoms with Crippen LogP contribution in [-0.2, 0) is 4.74 Å². The first kappa shape index (κ1) is 12.1. The maximum Gasteiger partial charge on any atom is 0.103 e. The normalized spacial score (nSPS) is 12.6. The standard InChI is InChI=1S/C9H19N3O/c1-3-4-5-6-11-7-9(12-10)8-13-2/h7H,3-6,8,10H2,1-2H3/b11-7?,12-9+. The summed E-state index contributed by atoms with van der Waals surface area (Å²) in [6.45, 7) is 3.44. The average molecular weight is 185 g/mol. The molecule has 4 heteroatoms. The van der Waals surface area contributed by atoms with E-state index in [0.717, 1.165) is 13.0 Å². The summed E-state index contributed by atoms with van der Waals surface area (Å²) in [5, 5.41) is 3.54. The van der Waals surface area contributed by atoms with E-state index in [-0.39, 0.29) is 0 Å². The van der Waals surface area contributed by atoms with Gasteiger partial charge in [-0.05, 0) is 6.42 Å². The summed E-state index contributed by atoms with van der Waals surface area (Å²) >= 11 is 0. The predicted octanol–water partition coefficient (Wildman–Crippen LogP) is 1.21. The number of nitrogens with zero attached hydrogens (tertiary/aromatic N) is 2. The highest BCUT2D eigenvalue weighted by molar-refractivity contribution is 6.31. The van der Waals surface area contributed by atoms with Crippen LogP contribution < -0.4 is 5.84 Å². The topological polar surface area (TPSA) is 60.0 Å². The van der Waals surface area contributed by atoms with Gasteiger partial charge in [-0.15, -0.1) is 0 Å². The molecule has 0 saturated carbocycles. The Morgan fingerprint density at radius 2 is 2.23 bits per heavy atom. The average Bonchev–Trinajstić information content (AvgIpc) is 2.16. The van der Waals surface area contributed by atoms with Crippen LogP contribution >= 0.6 is 0 Å². The molecule has 4 nitrogen and oxygen atoms in total. The maximum absolute atomic E-state index is 5.12. The molecular formula is C9H19N3O. The van der Waals surface area contributed by atoms with Crippen molar-refractivity contribution in [2.24, 2.45) is 15.9 Å². The molecule has 0 heterocycles. The van der Waals surface area contributed by atoms with Gasteiger partial charge in [0.1, 0.15) is 5.71 Å². The lowest BCUT2D eigenvalue weighted by Crippen LogP contribution is -2.11. The second-order valence-corrected chi connectivity index (χ2v) is 2.80. The molecule has 0 fully saturated rings. The molecule has 0 aliphatic rings. The Morgan fingerprint density at radius 1 is 1.46 bits per heavy atom. The number of hydrazone groups is 1. The van der Waals surface area contributed by atoms with Crippen molar-refractivity contribution in [2.45, 2.75) is 26.2 Å². The van der Waals surface area contributed by atoms with Crippen molar-refractivity contribution in [1.82, 2.24) is 0 Å². The molecule has 13 heavy (non-hydrogen) atoms. The molecule has 0 aromatic heterocycles. The first-order chi connectivity index (χ1) is 6.35. The lowest BCUT2D eigenvalue weighted by Gasteiger charge is -1.96. The van der Waals surface area contributed by atoms with Gasteiger partial charge in [-0.25, -0.2) is 0 Å². The highest BCUT2D eigenvalue weighted by atomic mass is 16.5. The van der Waals surface area contributed by atoms with Crippen LogP contribution in [0.15, 0.2) is 10.1 Å². The Labute approximate surface area is 79.9 Å². The van der Waals surface area contributed by atoms with Gasteiger partial charge in [-0.3, -0.25) is 4.99 Å². The first-order valence-electron chi connectivity index (χ1n) is 4.60. The Hall–Kier alpha value is -0.900. The third-order valence-corrected chi connectivity index (χ3v) is 1.59. The third kappa shape index (κ3) is 7.46. The molecule has 0 rings (SSSR count). The molecule has 0 aliphatic carbocycles. The fourth-order valence-electron chi connectivity index (χ4n) is 0.879. The lowest BCUT2D eigenvalue weighted by atomic mass is 10.2. The molecule has 76 valence electrons. The Bertz CT molecular complexity index is 166. The van der Waals surface area contributed by atoms with Crippen molar-refractivity contribution in [3.63, 3.8) is 0 Å². The van der Waals surface area contributed by atoms with Gasteiger partial charge in [0.05, 0.1) is 6.61 Å². The number of hydrogen-bond acceptors (Lipinski definition) is 4. The fourth-order valence-corrected chi connectivity index (χ4v) is 0.879. The lowest BCUT2D eigenvalue weighted by molar-refractivity contribution is 0.246. The minimum absolute atomic E-state index is 0.424. The van der Waals surface area contributed by atoms with Crippen molar-refractivity contribution in [3.8, 4) is 0 Å². The van der Waals surface area contributed by atoms with E-state index in [1.165, 1.54) is 12.8 Å². The van der Waals surface area contributed by atoms with Gasteiger partial charge in [0, 0.05) is 19.9 Å². The number of aliphatic imine (C=N–C) groups is 1. The highest BCUT2D eigenvalue weighted by Crippen LogP contribution is 1.92. The van der Waals surface area contributed by atoms with Crippen molar-refractivity contribution < 1.29 is 4.74 Å². The van der Waals surface area contributed by atoms with Gasteiger partial charge in [0.25, 0.3) is 0 Å². The van der Waals surface area contributed by atoms with Crippen LogP contribution in [0.25, 0.3) is 0 Å². The van der Waals surface area contributed by atoms with Crippen LogP contribution in [0.2, 0.25) is 0 Å². The summed E-state index contributed by atoms with van der Waals surface area (Å²) in [7, 11) is 1.61. The second-order valence-electron chi connectivity index (χ2n) is 2.80. The Kier molecular flexibility index (Phi) is 8.55. The third-order valence-electron chi connectivity index (χ3n) is 1.59. The Morgan fingerprint density at radius 3 is 2.77 bits per heavy atom. The molecule has 0 bridgehead atoms. The van der Waals surface area contributed by atoms with E-state index in [0.29, 0.717) is 12.3 Å². The molecule has 2 N–H and O–H groups in total. The van der Waals surface area contributed by atoms with E-state index < -0.39 is 0 Å². The van der Waals surface area contributed by atoms with Crippen LogP contribution in [0, 0.1) is 0 Å². The van der Waals surface area contributed by atoms with Crippen molar-refractivity contribution in [3.05, 3.63) is 0 Å². The summed E-state index contributed by atoms with van der Waals surface area (Å²) in [4.78, 5) is 4.18. The number of unbranched alkanes of at least 4 members (excludes halogenated alkanes) is 2. The number of rotatable bonds is 7. The molecule has 0 radical (unpaired) electrons. The van der Waals surface area contributed by atoms with Crippen molar-refractivity contribution >= 4 is 11.9 Å². The summed E-state index contributed by atoms with van der Waals surface area (Å²) in [6, 6.07) is 0. The van der Waals surface area contributed by atoms with Gasteiger partial charge < -0.3 is 10.6 Å². The SMILES string of the molecule is CCCCCN=C/C(COC)=N\N. The minimum Gasteiger partial charge on any atom is -0.378 e. The first-order valence-corrected chi connectivity index (χ1v) is 4.60. The molecule has 0 atom stereocenters. The van der Waals surface area contributed by atoms with Crippen molar-refractivity contribution in [1.29, 1.82) is 0 Å². The smallest absolute Gasteiger partial charge is 0.103 e. The molecular weight excluding hydrogens is 166 g/mol. The zero-order valence-electron chi connectivity index (χ0n) is 8.49. The second kappa shape index (κ2) is 9.19. The molecule has 0 aliphatic heterocycles. The monoisotopic (exact) mass is 185 g/mol. The van der Waals surface area contributed by atoms with E-state index in [1.54, 1.807) is 13.3 Å². The zero-order valence-corrected chi connectivity index (χ0v) is 8.49.